The molecule has 0 bridgehead atoms. The highest BCUT2D eigenvalue weighted by molar-refractivity contribution is 5.97. The van der Waals surface area contributed by atoms with Gasteiger partial charge < -0.3 is 14.2 Å². The number of hydrogen-bond acceptors (Lipinski definition) is 3. The summed E-state index contributed by atoms with van der Waals surface area (Å²) in [6, 6.07) is 11.3. The molecule has 2 heterocycles. The SMILES string of the molecule is C[C@@H]1n2ccc(=O)c(OCc3ccccc3)c2C(=O)N(C)C12CC2. The third kappa shape index (κ3) is 2.08. The fraction of sp³-hybridized carbons (Fsp3) is 0.368. The molecule has 1 aromatic heterocycles. The molecule has 5 nitrogen and oxygen atoms in total. The first-order valence-electron chi connectivity index (χ1n) is 8.24. The third-order valence-electron chi connectivity index (χ3n) is 5.44. The minimum Gasteiger partial charge on any atom is -0.483 e. The van der Waals surface area contributed by atoms with E-state index in [1.54, 1.807) is 11.1 Å². The highest BCUT2D eigenvalue weighted by Crippen LogP contribution is 2.52. The number of hydrogen-bond donors (Lipinski definition) is 0. The molecule has 0 radical (unpaired) electrons. The normalized spacial score (nSPS) is 20.8. The number of aromatic nitrogens is 1. The van der Waals surface area contributed by atoms with Gasteiger partial charge in [0.05, 0.1) is 11.6 Å². The van der Waals surface area contributed by atoms with Crippen LogP contribution in [0, 0.1) is 0 Å². The van der Waals surface area contributed by atoms with Crippen LogP contribution in [0.3, 0.4) is 0 Å². The van der Waals surface area contributed by atoms with Crippen molar-refractivity contribution in [2.75, 3.05) is 7.05 Å². The van der Waals surface area contributed by atoms with Crippen LogP contribution in [0.2, 0.25) is 0 Å². The van der Waals surface area contributed by atoms with Crippen molar-refractivity contribution in [3.63, 3.8) is 0 Å². The summed E-state index contributed by atoms with van der Waals surface area (Å²) in [7, 11) is 1.83. The van der Waals surface area contributed by atoms with Gasteiger partial charge in [-0.2, -0.15) is 0 Å². The second-order valence-corrected chi connectivity index (χ2v) is 6.68. The van der Waals surface area contributed by atoms with Crippen molar-refractivity contribution in [2.45, 2.75) is 38.0 Å². The van der Waals surface area contributed by atoms with Gasteiger partial charge in [-0.1, -0.05) is 30.3 Å². The number of nitrogens with zero attached hydrogens (tertiary/aromatic N) is 2. The van der Waals surface area contributed by atoms with E-state index in [0.29, 0.717) is 5.69 Å². The molecule has 4 rings (SSSR count). The molecule has 5 heteroatoms. The fourth-order valence-corrected chi connectivity index (χ4v) is 3.71. The van der Waals surface area contributed by atoms with E-state index in [-0.39, 0.29) is 35.3 Å². The van der Waals surface area contributed by atoms with E-state index in [2.05, 4.69) is 6.92 Å². The second-order valence-electron chi connectivity index (χ2n) is 6.68. The molecule has 1 fully saturated rings. The van der Waals surface area contributed by atoms with Gasteiger partial charge in [-0.3, -0.25) is 9.59 Å². The first-order chi connectivity index (χ1) is 11.5. The van der Waals surface area contributed by atoms with Crippen molar-refractivity contribution < 1.29 is 9.53 Å². The molecule has 0 N–H and O–H groups in total. The number of pyridine rings is 1. The molecule has 0 unspecified atom stereocenters. The maximum Gasteiger partial charge on any atom is 0.274 e. The maximum atomic E-state index is 12.9. The van der Waals surface area contributed by atoms with E-state index >= 15 is 0 Å². The van der Waals surface area contributed by atoms with Crippen LogP contribution in [-0.2, 0) is 6.61 Å². The van der Waals surface area contributed by atoms with E-state index in [0.717, 1.165) is 18.4 Å². The Morgan fingerprint density at radius 1 is 1.17 bits per heavy atom. The van der Waals surface area contributed by atoms with Crippen LogP contribution in [0.5, 0.6) is 5.75 Å². The Labute approximate surface area is 140 Å². The largest absolute Gasteiger partial charge is 0.483 e. The Balaban J connectivity index is 1.75. The van der Waals surface area contributed by atoms with Gasteiger partial charge in [-0.05, 0) is 25.3 Å². The minimum atomic E-state index is -0.252. The van der Waals surface area contributed by atoms with Crippen molar-refractivity contribution in [1.29, 1.82) is 0 Å². The zero-order valence-electron chi connectivity index (χ0n) is 13.9. The Morgan fingerprint density at radius 3 is 2.54 bits per heavy atom. The van der Waals surface area contributed by atoms with Gasteiger partial charge in [-0.15, -0.1) is 0 Å². The zero-order chi connectivity index (χ0) is 16.9. The number of likely N-dealkylation sites (N-methyl/N-ethyl adjacent to an activating group) is 1. The smallest absolute Gasteiger partial charge is 0.274 e. The van der Waals surface area contributed by atoms with E-state index in [4.69, 9.17) is 4.74 Å². The van der Waals surface area contributed by atoms with Crippen LogP contribution in [-0.4, -0.2) is 28.0 Å². The van der Waals surface area contributed by atoms with Gasteiger partial charge in [0.1, 0.15) is 6.61 Å². The molecule has 1 aliphatic carbocycles. The third-order valence-corrected chi connectivity index (χ3v) is 5.44. The second kappa shape index (κ2) is 5.23. The Kier molecular flexibility index (Phi) is 3.27. The number of rotatable bonds is 3. The summed E-state index contributed by atoms with van der Waals surface area (Å²) in [5.74, 6) is 0.0203. The Morgan fingerprint density at radius 2 is 1.88 bits per heavy atom. The zero-order valence-corrected chi connectivity index (χ0v) is 13.9. The first kappa shape index (κ1) is 15.0. The van der Waals surface area contributed by atoms with Crippen molar-refractivity contribution in [1.82, 2.24) is 9.47 Å². The summed E-state index contributed by atoms with van der Waals surface area (Å²) < 4.78 is 7.71. The average molecular weight is 324 g/mol. The van der Waals surface area contributed by atoms with E-state index in [1.807, 2.05) is 41.9 Å². The lowest BCUT2D eigenvalue weighted by atomic mass is 10.0. The highest BCUT2D eigenvalue weighted by Gasteiger charge is 2.57. The number of ether oxygens (including phenoxy) is 1. The summed E-state index contributed by atoms with van der Waals surface area (Å²) in [4.78, 5) is 27.0. The predicted molar refractivity (Wildman–Crippen MR) is 90.2 cm³/mol. The molecule has 2 aromatic rings. The Bertz CT molecular complexity index is 853. The maximum absolute atomic E-state index is 12.9. The van der Waals surface area contributed by atoms with Crippen LogP contribution in [0.25, 0.3) is 0 Å². The Hall–Kier alpha value is -2.56. The van der Waals surface area contributed by atoms with Gasteiger partial charge in [0.15, 0.2) is 11.4 Å². The van der Waals surface area contributed by atoms with Crippen LogP contribution < -0.4 is 10.2 Å². The molecule has 1 aliphatic heterocycles. The molecule has 1 spiro atoms. The number of carbonyl (C=O) groups is 1. The molecule has 0 saturated heterocycles. The number of amides is 1. The van der Waals surface area contributed by atoms with Crippen molar-refractivity contribution >= 4 is 5.91 Å². The van der Waals surface area contributed by atoms with Crippen molar-refractivity contribution in [3.05, 3.63) is 64.1 Å². The van der Waals surface area contributed by atoms with Crippen LogP contribution >= 0.6 is 0 Å². The fourth-order valence-electron chi connectivity index (χ4n) is 3.71. The number of benzene rings is 1. The van der Waals surface area contributed by atoms with Crippen LogP contribution in [0.1, 0.15) is 41.9 Å². The van der Waals surface area contributed by atoms with E-state index in [9.17, 15) is 9.59 Å². The molecule has 2 aliphatic rings. The molecular weight excluding hydrogens is 304 g/mol. The summed E-state index contributed by atoms with van der Waals surface area (Å²) in [5, 5.41) is 0. The van der Waals surface area contributed by atoms with E-state index in [1.165, 1.54) is 6.07 Å². The molecule has 1 amide bonds. The quantitative estimate of drug-likeness (QED) is 0.872. The average Bonchev–Trinajstić information content (AvgIpc) is 3.40. The first-order valence-corrected chi connectivity index (χ1v) is 8.24. The lowest BCUT2D eigenvalue weighted by Gasteiger charge is -2.41. The lowest BCUT2D eigenvalue weighted by Crippen LogP contribution is -2.50. The number of fused-ring (bicyclic) bond motifs is 1. The van der Waals surface area contributed by atoms with Gasteiger partial charge in [-0.25, -0.2) is 0 Å². The highest BCUT2D eigenvalue weighted by atomic mass is 16.5. The van der Waals surface area contributed by atoms with Crippen LogP contribution in [0.4, 0.5) is 0 Å². The molecule has 124 valence electrons. The minimum absolute atomic E-state index is 0.101. The van der Waals surface area contributed by atoms with Gasteiger partial charge >= 0.3 is 0 Å². The predicted octanol–water partition coefficient (Wildman–Crippen LogP) is 2.61. The summed E-state index contributed by atoms with van der Waals surface area (Å²) >= 11 is 0. The standard InChI is InChI=1S/C19H20N2O3/c1-13-19(9-10-19)20(2)18(23)16-17(15(22)8-11-21(13)16)24-12-14-6-4-3-5-7-14/h3-8,11,13H,9-10,12H2,1-2H3/t13-/m0/s1. The molecule has 24 heavy (non-hydrogen) atoms. The van der Waals surface area contributed by atoms with Gasteiger partial charge in [0.2, 0.25) is 5.43 Å². The number of carbonyl (C=O) groups excluding carboxylic acids is 1. The lowest BCUT2D eigenvalue weighted by molar-refractivity contribution is 0.0548. The van der Waals surface area contributed by atoms with Crippen molar-refractivity contribution in [2.24, 2.45) is 0 Å². The summed E-state index contributed by atoms with van der Waals surface area (Å²) in [5.41, 5.74) is 0.974. The molecule has 1 aromatic carbocycles. The van der Waals surface area contributed by atoms with Gasteiger partial charge in [0, 0.05) is 19.3 Å². The molecular formula is C19H20N2O3. The van der Waals surface area contributed by atoms with Crippen molar-refractivity contribution in [3.8, 4) is 5.75 Å². The monoisotopic (exact) mass is 324 g/mol. The van der Waals surface area contributed by atoms with E-state index < -0.39 is 0 Å². The van der Waals surface area contributed by atoms with Gasteiger partial charge in [0.25, 0.3) is 5.91 Å². The van der Waals surface area contributed by atoms with Crippen LogP contribution in [0.15, 0.2) is 47.4 Å². The summed E-state index contributed by atoms with van der Waals surface area (Å²) in [6.07, 6.45) is 3.73. The molecule has 1 saturated carbocycles. The molecule has 1 atom stereocenters. The summed E-state index contributed by atoms with van der Waals surface area (Å²) in [6.45, 7) is 2.37. The topological polar surface area (TPSA) is 51.5 Å².